The van der Waals surface area contributed by atoms with E-state index in [1.807, 2.05) is 24.3 Å². The van der Waals surface area contributed by atoms with Crippen LogP contribution in [-0.4, -0.2) is 24.9 Å². The number of hydrogen-bond donors (Lipinski definition) is 2. The molecule has 3 heteroatoms. The van der Waals surface area contributed by atoms with Gasteiger partial charge in [-0.1, -0.05) is 45.2 Å². The lowest BCUT2D eigenvalue weighted by atomic mass is 9.82. The Hall–Kier alpha value is -1.06. The Morgan fingerprint density at radius 2 is 2.05 bits per heavy atom. The third kappa shape index (κ3) is 4.50. The van der Waals surface area contributed by atoms with Crippen LogP contribution in [0.25, 0.3) is 0 Å². The van der Waals surface area contributed by atoms with Gasteiger partial charge in [0, 0.05) is 12.5 Å². The molecule has 3 unspecified atom stereocenters. The number of ether oxygens (including phenoxy) is 1. The number of aliphatic hydroxyl groups is 1. The minimum Gasteiger partial charge on any atom is -0.497 e. The predicted octanol–water partition coefficient (Wildman–Crippen LogP) is 3.31. The average Bonchev–Trinajstić information content (AvgIpc) is 2.49. The SMILES string of the molecule is CCCCC(CC)C(O)C(CN)c1cccc(OC)c1. The van der Waals surface area contributed by atoms with Crippen LogP contribution in [0, 0.1) is 5.92 Å². The lowest BCUT2D eigenvalue weighted by Gasteiger charge is -2.29. The Labute approximate surface area is 123 Å². The molecule has 0 bridgehead atoms. The van der Waals surface area contributed by atoms with Crippen LogP contribution in [0.3, 0.4) is 0 Å². The summed E-state index contributed by atoms with van der Waals surface area (Å²) in [5.41, 5.74) is 6.98. The van der Waals surface area contributed by atoms with E-state index < -0.39 is 0 Å². The average molecular weight is 279 g/mol. The van der Waals surface area contributed by atoms with Gasteiger partial charge in [0.1, 0.15) is 5.75 Å². The summed E-state index contributed by atoms with van der Waals surface area (Å²) in [6, 6.07) is 7.87. The van der Waals surface area contributed by atoms with Crippen LogP contribution in [0.2, 0.25) is 0 Å². The molecule has 114 valence electrons. The van der Waals surface area contributed by atoms with Gasteiger partial charge in [-0.3, -0.25) is 0 Å². The van der Waals surface area contributed by atoms with E-state index in [-0.39, 0.29) is 12.0 Å². The maximum atomic E-state index is 10.7. The fraction of sp³-hybridized carbons (Fsp3) is 0.647. The van der Waals surface area contributed by atoms with E-state index in [0.717, 1.165) is 37.0 Å². The van der Waals surface area contributed by atoms with E-state index in [9.17, 15) is 5.11 Å². The molecule has 0 aliphatic rings. The largest absolute Gasteiger partial charge is 0.497 e. The van der Waals surface area contributed by atoms with E-state index in [1.54, 1.807) is 7.11 Å². The van der Waals surface area contributed by atoms with Crippen molar-refractivity contribution in [3.63, 3.8) is 0 Å². The van der Waals surface area contributed by atoms with Gasteiger partial charge in [-0.15, -0.1) is 0 Å². The predicted molar refractivity (Wildman–Crippen MR) is 84.1 cm³/mol. The van der Waals surface area contributed by atoms with Gasteiger partial charge in [0.05, 0.1) is 13.2 Å². The highest BCUT2D eigenvalue weighted by atomic mass is 16.5. The summed E-state index contributed by atoms with van der Waals surface area (Å²) in [6.45, 7) is 4.78. The zero-order chi connectivity index (χ0) is 15.0. The molecule has 1 aromatic rings. The fourth-order valence-electron chi connectivity index (χ4n) is 2.76. The third-order valence-electron chi connectivity index (χ3n) is 4.12. The smallest absolute Gasteiger partial charge is 0.119 e. The van der Waals surface area contributed by atoms with Crippen LogP contribution in [0.1, 0.15) is 51.0 Å². The molecule has 3 nitrogen and oxygen atoms in total. The fourth-order valence-corrected chi connectivity index (χ4v) is 2.76. The Balaban J connectivity index is 2.86. The van der Waals surface area contributed by atoms with Crippen molar-refractivity contribution in [2.45, 2.75) is 51.6 Å². The van der Waals surface area contributed by atoms with Gasteiger partial charge >= 0.3 is 0 Å². The van der Waals surface area contributed by atoms with Crippen molar-refractivity contribution in [3.8, 4) is 5.75 Å². The topological polar surface area (TPSA) is 55.5 Å². The first-order valence-corrected chi connectivity index (χ1v) is 7.69. The molecule has 0 aliphatic carbocycles. The van der Waals surface area contributed by atoms with Crippen LogP contribution in [0.15, 0.2) is 24.3 Å². The van der Waals surface area contributed by atoms with Gasteiger partial charge in [-0.05, 0) is 30.0 Å². The second-order valence-electron chi connectivity index (χ2n) is 5.42. The minimum absolute atomic E-state index is 0.0214. The monoisotopic (exact) mass is 279 g/mol. The lowest BCUT2D eigenvalue weighted by molar-refractivity contribution is 0.0743. The highest BCUT2D eigenvalue weighted by Gasteiger charge is 2.26. The van der Waals surface area contributed by atoms with Gasteiger partial charge in [0.2, 0.25) is 0 Å². The van der Waals surface area contributed by atoms with Crippen molar-refractivity contribution in [2.24, 2.45) is 11.7 Å². The quantitative estimate of drug-likeness (QED) is 0.729. The number of aliphatic hydroxyl groups excluding tert-OH is 1. The molecule has 20 heavy (non-hydrogen) atoms. The van der Waals surface area contributed by atoms with Crippen LogP contribution < -0.4 is 10.5 Å². The number of unbranched alkanes of at least 4 members (excludes halogenated alkanes) is 1. The van der Waals surface area contributed by atoms with Crippen molar-refractivity contribution in [1.29, 1.82) is 0 Å². The molecule has 0 saturated heterocycles. The van der Waals surface area contributed by atoms with Crippen molar-refractivity contribution in [2.75, 3.05) is 13.7 Å². The van der Waals surface area contributed by atoms with Gasteiger partial charge in [-0.2, -0.15) is 0 Å². The van der Waals surface area contributed by atoms with E-state index in [1.165, 1.54) is 0 Å². The van der Waals surface area contributed by atoms with Gasteiger partial charge in [0.15, 0.2) is 0 Å². The second kappa shape index (κ2) is 8.98. The number of rotatable bonds is 9. The summed E-state index contributed by atoms with van der Waals surface area (Å²) < 4.78 is 5.26. The highest BCUT2D eigenvalue weighted by molar-refractivity contribution is 5.31. The van der Waals surface area contributed by atoms with Crippen molar-refractivity contribution in [3.05, 3.63) is 29.8 Å². The van der Waals surface area contributed by atoms with Crippen molar-refractivity contribution >= 4 is 0 Å². The van der Waals surface area contributed by atoms with Crippen molar-refractivity contribution < 1.29 is 9.84 Å². The Bertz CT molecular complexity index is 381. The first-order chi connectivity index (χ1) is 9.67. The maximum absolute atomic E-state index is 10.7. The number of nitrogens with two attached hydrogens (primary N) is 1. The third-order valence-corrected chi connectivity index (χ3v) is 4.12. The molecule has 1 rings (SSSR count). The van der Waals surface area contributed by atoms with Crippen LogP contribution in [0.4, 0.5) is 0 Å². The molecular weight excluding hydrogens is 250 g/mol. The Morgan fingerprint density at radius 3 is 2.60 bits per heavy atom. The summed E-state index contributed by atoms with van der Waals surface area (Å²) in [5, 5.41) is 10.7. The molecule has 3 N–H and O–H groups in total. The summed E-state index contributed by atoms with van der Waals surface area (Å²) in [7, 11) is 1.66. The summed E-state index contributed by atoms with van der Waals surface area (Å²) in [4.78, 5) is 0. The zero-order valence-electron chi connectivity index (χ0n) is 13.0. The summed E-state index contributed by atoms with van der Waals surface area (Å²) in [6.07, 6.45) is 3.99. The number of methoxy groups -OCH3 is 1. The molecule has 0 spiro atoms. The van der Waals surface area contributed by atoms with E-state index >= 15 is 0 Å². The molecule has 3 atom stereocenters. The molecule has 0 aliphatic heterocycles. The summed E-state index contributed by atoms with van der Waals surface area (Å²) in [5.74, 6) is 1.11. The first kappa shape index (κ1) is 17.0. The first-order valence-electron chi connectivity index (χ1n) is 7.69. The second-order valence-corrected chi connectivity index (χ2v) is 5.42. The molecule has 0 heterocycles. The van der Waals surface area contributed by atoms with Crippen LogP contribution in [-0.2, 0) is 0 Å². The normalized spacial score (nSPS) is 15.7. The van der Waals surface area contributed by atoms with Gasteiger partial charge in [0.25, 0.3) is 0 Å². The molecule has 0 saturated carbocycles. The van der Waals surface area contributed by atoms with Crippen LogP contribution in [0.5, 0.6) is 5.75 Å². The molecule has 0 aromatic heterocycles. The van der Waals surface area contributed by atoms with Crippen molar-refractivity contribution in [1.82, 2.24) is 0 Å². The summed E-state index contributed by atoms with van der Waals surface area (Å²) >= 11 is 0. The number of benzene rings is 1. The lowest BCUT2D eigenvalue weighted by Crippen LogP contribution is -2.32. The Morgan fingerprint density at radius 1 is 1.30 bits per heavy atom. The molecule has 0 radical (unpaired) electrons. The Kier molecular flexibility index (Phi) is 7.63. The standard InChI is InChI=1S/C17H29NO2/c1-4-6-8-13(5-2)17(19)16(12-18)14-9-7-10-15(11-14)20-3/h7,9-11,13,16-17,19H,4-6,8,12,18H2,1-3H3. The highest BCUT2D eigenvalue weighted by Crippen LogP contribution is 2.30. The molecular formula is C17H29NO2. The minimum atomic E-state index is -0.386. The molecule has 0 amide bonds. The van der Waals surface area contributed by atoms with E-state index in [4.69, 9.17) is 10.5 Å². The van der Waals surface area contributed by atoms with Crippen LogP contribution >= 0.6 is 0 Å². The van der Waals surface area contributed by atoms with Gasteiger partial charge in [-0.25, -0.2) is 0 Å². The van der Waals surface area contributed by atoms with Gasteiger partial charge < -0.3 is 15.6 Å². The number of hydrogen-bond acceptors (Lipinski definition) is 3. The van der Waals surface area contributed by atoms with E-state index in [0.29, 0.717) is 12.5 Å². The molecule has 0 fully saturated rings. The maximum Gasteiger partial charge on any atom is 0.119 e. The molecule has 1 aromatic carbocycles. The van der Waals surface area contributed by atoms with E-state index in [2.05, 4.69) is 13.8 Å². The zero-order valence-corrected chi connectivity index (χ0v) is 13.0.